The molecule has 0 spiro atoms. The highest BCUT2D eigenvalue weighted by molar-refractivity contribution is 5.86. The summed E-state index contributed by atoms with van der Waals surface area (Å²) in [6.07, 6.45) is 4.28. The smallest absolute Gasteiger partial charge is 0.357 e. The monoisotopic (exact) mass is 164 g/mol. The Bertz CT molecular complexity index is 272. The number of carbonyl (C=O) groups is 1. The van der Waals surface area contributed by atoms with E-state index < -0.39 is 5.97 Å². The van der Waals surface area contributed by atoms with Gasteiger partial charge >= 0.3 is 5.97 Å². The van der Waals surface area contributed by atoms with Crippen molar-refractivity contribution in [2.24, 2.45) is 0 Å². The lowest BCUT2D eigenvalue weighted by atomic mass is 10.4. The number of ether oxygens (including phenoxy) is 1. The van der Waals surface area contributed by atoms with Gasteiger partial charge in [-0.3, -0.25) is 0 Å². The Morgan fingerprint density at radius 2 is 2.58 bits per heavy atom. The molecular formula is C8H8N2O2. The van der Waals surface area contributed by atoms with E-state index in [1.807, 2.05) is 0 Å². The van der Waals surface area contributed by atoms with Crippen LogP contribution in [0.4, 0.5) is 0 Å². The third-order valence-electron chi connectivity index (χ3n) is 1.12. The summed E-state index contributed by atoms with van der Waals surface area (Å²) in [7, 11) is 0. The molecule has 62 valence electrons. The van der Waals surface area contributed by atoms with Crippen molar-refractivity contribution in [1.82, 2.24) is 9.97 Å². The van der Waals surface area contributed by atoms with Crippen LogP contribution < -0.4 is 0 Å². The van der Waals surface area contributed by atoms with Crippen LogP contribution in [0.1, 0.15) is 10.5 Å². The molecular weight excluding hydrogens is 156 g/mol. The normalized spacial score (nSPS) is 9.00. The molecule has 1 heterocycles. The van der Waals surface area contributed by atoms with E-state index in [2.05, 4.69) is 16.5 Å². The van der Waals surface area contributed by atoms with Gasteiger partial charge in [-0.25, -0.2) is 14.8 Å². The van der Waals surface area contributed by atoms with E-state index in [0.717, 1.165) is 0 Å². The molecule has 0 amide bonds. The first-order valence-electron chi connectivity index (χ1n) is 3.38. The fraction of sp³-hybridized carbons (Fsp3) is 0.125. The number of esters is 1. The van der Waals surface area contributed by atoms with Crippen LogP contribution in [0.25, 0.3) is 0 Å². The Morgan fingerprint density at radius 1 is 1.75 bits per heavy atom. The summed E-state index contributed by atoms with van der Waals surface area (Å²) in [5.41, 5.74) is 0.256. The number of hydrogen-bond acceptors (Lipinski definition) is 4. The van der Waals surface area contributed by atoms with Crippen molar-refractivity contribution in [2.75, 3.05) is 6.61 Å². The van der Waals surface area contributed by atoms with Crippen LogP contribution >= 0.6 is 0 Å². The van der Waals surface area contributed by atoms with Gasteiger partial charge in [-0.2, -0.15) is 0 Å². The molecule has 0 bridgehead atoms. The maximum Gasteiger partial charge on any atom is 0.357 e. The van der Waals surface area contributed by atoms with Crippen molar-refractivity contribution < 1.29 is 9.53 Å². The average Bonchev–Trinajstić information content (AvgIpc) is 2.15. The summed E-state index contributed by atoms with van der Waals surface area (Å²) in [5, 5.41) is 0. The molecule has 4 heteroatoms. The molecule has 0 saturated carbocycles. The maximum absolute atomic E-state index is 11.0. The predicted octanol–water partition coefficient (Wildman–Crippen LogP) is 0.819. The zero-order chi connectivity index (χ0) is 8.81. The van der Waals surface area contributed by atoms with Crippen molar-refractivity contribution in [1.29, 1.82) is 0 Å². The second-order valence-electron chi connectivity index (χ2n) is 1.98. The van der Waals surface area contributed by atoms with E-state index in [-0.39, 0.29) is 12.3 Å². The van der Waals surface area contributed by atoms with Crippen LogP contribution in [-0.4, -0.2) is 22.5 Å². The minimum Gasteiger partial charge on any atom is -0.457 e. The quantitative estimate of drug-likeness (QED) is 0.490. The minimum absolute atomic E-state index is 0.197. The number of rotatable bonds is 3. The largest absolute Gasteiger partial charge is 0.457 e. The second-order valence-corrected chi connectivity index (χ2v) is 1.98. The summed E-state index contributed by atoms with van der Waals surface area (Å²) >= 11 is 0. The lowest BCUT2D eigenvalue weighted by Gasteiger charge is -1.98. The highest BCUT2D eigenvalue weighted by Crippen LogP contribution is 1.94. The van der Waals surface area contributed by atoms with Crippen LogP contribution in [0.15, 0.2) is 31.2 Å². The molecule has 0 radical (unpaired) electrons. The topological polar surface area (TPSA) is 52.1 Å². The Balaban J connectivity index is 2.59. The van der Waals surface area contributed by atoms with Gasteiger partial charge in [0.1, 0.15) is 12.9 Å². The lowest BCUT2D eigenvalue weighted by molar-refractivity contribution is 0.0542. The Labute approximate surface area is 69.9 Å². The zero-order valence-electron chi connectivity index (χ0n) is 6.43. The summed E-state index contributed by atoms with van der Waals surface area (Å²) < 4.78 is 4.73. The molecule has 0 atom stereocenters. The molecule has 0 N–H and O–H groups in total. The molecule has 4 nitrogen and oxygen atoms in total. The molecule has 0 aliphatic heterocycles. The van der Waals surface area contributed by atoms with Crippen LogP contribution in [0.5, 0.6) is 0 Å². The summed E-state index contributed by atoms with van der Waals surface area (Å²) in [5.74, 6) is -0.461. The third kappa shape index (κ3) is 2.16. The molecule has 0 saturated heterocycles. The molecule has 0 fully saturated rings. The standard InChI is InChI=1S/C8H8N2O2/c1-2-5-12-8(11)7-3-4-9-6-10-7/h2-4,6H,1,5H2. The Kier molecular flexibility index (Phi) is 2.95. The number of aromatic nitrogens is 2. The number of hydrogen-bond donors (Lipinski definition) is 0. The summed E-state index contributed by atoms with van der Waals surface area (Å²) in [6.45, 7) is 3.61. The van der Waals surface area contributed by atoms with Crippen molar-refractivity contribution in [3.8, 4) is 0 Å². The molecule has 1 aromatic rings. The van der Waals surface area contributed by atoms with Gasteiger partial charge in [-0.15, -0.1) is 0 Å². The van der Waals surface area contributed by atoms with Gasteiger partial charge in [0.2, 0.25) is 0 Å². The summed E-state index contributed by atoms with van der Waals surface area (Å²) in [4.78, 5) is 18.4. The molecule has 12 heavy (non-hydrogen) atoms. The van der Waals surface area contributed by atoms with Crippen LogP contribution in [0, 0.1) is 0 Å². The second kappa shape index (κ2) is 4.23. The number of carbonyl (C=O) groups excluding carboxylic acids is 1. The molecule has 1 rings (SSSR count). The van der Waals surface area contributed by atoms with Gasteiger partial charge in [0.05, 0.1) is 0 Å². The van der Waals surface area contributed by atoms with Gasteiger partial charge < -0.3 is 4.74 Å². The van der Waals surface area contributed by atoms with Crippen molar-refractivity contribution in [2.45, 2.75) is 0 Å². The molecule has 0 unspecified atom stereocenters. The molecule has 0 aliphatic carbocycles. The van der Waals surface area contributed by atoms with Crippen molar-refractivity contribution in [3.63, 3.8) is 0 Å². The predicted molar refractivity (Wildman–Crippen MR) is 42.5 cm³/mol. The molecule has 1 aromatic heterocycles. The number of nitrogens with zero attached hydrogens (tertiary/aromatic N) is 2. The van der Waals surface area contributed by atoms with Gasteiger partial charge in [0, 0.05) is 6.20 Å². The summed E-state index contributed by atoms with van der Waals surface area (Å²) in [6, 6.07) is 1.49. The van der Waals surface area contributed by atoms with Gasteiger partial charge in [0.15, 0.2) is 5.69 Å². The average molecular weight is 164 g/mol. The van der Waals surface area contributed by atoms with Crippen LogP contribution in [-0.2, 0) is 4.74 Å². The lowest BCUT2D eigenvalue weighted by Crippen LogP contribution is -2.06. The zero-order valence-corrected chi connectivity index (χ0v) is 6.43. The highest BCUT2D eigenvalue weighted by Gasteiger charge is 2.05. The molecule has 0 aliphatic rings. The van der Waals surface area contributed by atoms with E-state index >= 15 is 0 Å². The van der Waals surface area contributed by atoms with E-state index in [1.165, 1.54) is 24.7 Å². The minimum atomic E-state index is -0.461. The first kappa shape index (κ1) is 8.39. The fourth-order valence-electron chi connectivity index (χ4n) is 0.620. The van der Waals surface area contributed by atoms with E-state index in [0.29, 0.717) is 0 Å². The van der Waals surface area contributed by atoms with Crippen LogP contribution in [0.2, 0.25) is 0 Å². The van der Waals surface area contributed by atoms with E-state index in [9.17, 15) is 4.79 Å². The first-order chi connectivity index (χ1) is 5.84. The first-order valence-corrected chi connectivity index (χ1v) is 3.38. The third-order valence-corrected chi connectivity index (χ3v) is 1.12. The van der Waals surface area contributed by atoms with Gasteiger partial charge in [-0.05, 0) is 6.07 Å². The van der Waals surface area contributed by atoms with Crippen molar-refractivity contribution in [3.05, 3.63) is 36.9 Å². The Hall–Kier alpha value is -1.71. The Morgan fingerprint density at radius 3 is 3.17 bits per heavy atom. The van der Waals surface area contributed by atoms with Gasteiger partial charge in [0.25, 0.3) is 0 Å². The van der Waals surface area contributed by atoms with Gasteiger partial charge in [-0.1, -0.05) is 12.7 Å². The molecule has 0 aromatic carbocycles. The van der Waals surface area contributed by atoms with E-state index in [4.69, 9.17) is 4.74 Å². The highest BCUT2D eigenvalue weighted by atomic mass is 16.5. The SMILES string of the molecule is C=CCOC(=O)c1ccncn1. The maximum atomic E-state index is 11.0. The van der Waals surface area contributed by atoms with Crippen LogP contribution in [0.3, 0.4) is 0 Å². The van der Waals surface area contributed by atoms with E-state index in [1.54, 1.807) is 0 Å². The van der Waals surface area contributed by atoms with Crippen molar-refractivity contribution >= 4 is 5.97 Å². The fourth-order valence-corrected chi connectivity index (χ4v) is 0.620.